The lowest BCUT2D eigenvalue weighted by molar-refractivity contribution is 0.667. The van der Waals surface area contributed by atoms with E-state index in [4.69, 9.17) is 0 Å². The lowest BCUT2D eigenvalue weighted by Crippen LogP contribution is -2.18. The summed E-state index contributed by atoms with van der Waals surface area (Å²) in [6.45, 7) is 0. The van der Waals surface area contributed by atoms with Crippen LogP contribution in [0.4, 0.5) is 0 Å². The molecule has 4 nitrogen and oxygen atoms in total. The Balaban J connectivity index is 2.42. The van der Waals surface area contributed by atoms with Crippen LogP contribution in [0.1, 0.15) is 24.1 Å². The van der Waals surface area contributed by atoms with Crippen LogP contribution in [0.25, 0.3) is 11.0 Å². The molecule has 2 N–H and O–H groups in total. The molecule has 1 aliphatic rings. The molecule has 0 aliphatic heterocycles. The zero-order valence-corrected chi connectivity index (χ0v) is 7.76. The first kappa shape index (κ1) is 7.79. The summed E-state index contributed by atoms with van der Waals surface area (Å²) in [5, 5.41) is 6.62. The second kappa shape index (κ2) is 2.70. The molecule has 0 saturated heterocycles. The molecule has 0 amide bonds. The minimum atomic E-state index is 0.131. The summed E-state index contributed by atoms with van der Waals surface area (Å²) in [7, 11) is 0. The normalized spacial score (nSPS) is 15.7. The third kappa shape index (κ3) is 0.937. The summed E-state index contributed by atoms with van der Waals surface area (Å²) in [4.78, 5) is 15.2. The van der Waals surface area contributed by atoms with Gasteiger partial charge in [-0.2, -0.15) is 5.10 Å². The molecule has 0 aromatic carbocycles. The predicted octanol–water partition coefficient (Wildman–Crippen LogP) is 1.13. The maximum Gasteiger partial charge on any atom is 0.210 e. The molecule has 72 valence electrons. The molecule has 4 heteroatoms. The van der Waals surface area contributed by atoms with Crippen molar-refractivity contribution in [1.82, 2.24) is 15.2 Å². The van der Waals surface area contributed by atoms with Crippen LogP contribution in [0, 0.1) is 0 Å². The summed E-state index contributed by atoms with van der Waals surface area (Å²) in [5.41, 5.74) is 3.63. The van der Waals surface area contributed by atoms with E-state index in [1.165, 1.54) is 6.42 Å². The van der Waals surface area contributed by atoms with Crippen LogP contribution in [0.3, 0.4) is 0 Å². The minimum absolute atomic E-state index is 0.131. The molecule has 0 spiro atoms. The molecule has 0 saturated carbocycles. The van der Waals surface area contributed by atoms with Crippen molar-refractivity contribution in [3.63, 3.8) is 0 Å². The van der Waals surface area contributed by atoms with E-state index in [9.17, 15) is 4.79 Å². The number of hydrogen-bond acceptors (Lipinski definition) is 2. The second-order valence-corrected chi connectivity index (χ2v) is 3.78. The second-order valence-electron chi connectivity index (χ2n) is 3.78. The van der Waals surface area contributed by atoms with Crippen molar-refractivity contribution in [3.05, 3.63) is 27.7 Å². The number of aromatic amines is 2. The van der Waals surface area contributed by atoms with Crippen LogP contribution in [0.2, 0.25) is 0 Å². The van der Waals surface area contributed by atoms with Gasteiger partial charge in [0.25, 0.3) is 0 Å². The molecule has 0 bridgehead atoms. The number of hydrogen-bond donors (Lipinski definition) is 2. The first-order chi connectivity index (χ1) is 6.86. The molecule has 0 radical (unpaired) electrons. The fraction of sp³-hybridized carbons (Fsp3) is 0.400. The third-order valence-corrected chi connectivity index (χ3v) is 2.89. The Morgan fingerprint density at radius 1 is 1.29 bits per heavy atom. The largest absolute Gasteiger partial charge is 0.355 e. The van der Waals surface area contributed by atoms with Crippen LogP contribution < -0.4 is 5.43 Å². The lowest BCUT2D eigenvalue weighted by atomic mass is 9.95. The number of H-pyrrole nitrogens is 2. The Labute approximate surface area is 80.3 Å². The smallest absolute Gasteiger partial charge is 0.210 e. The first-order valence-electron chi connectivity index (χ1n) is 4.93. The number of aryl methyl sites for hydroxylation is 1. The minimum Gasteiger partial charge on any atom is -0.355 e. The van der Waals surface area contributed by atoms with Crippen LogP contribution in [-0.4, -0.2) is 15.2 Å². The quantitative estimate of drug-likeness (QED) is 0.652. The van der Waals surface area contributed by atoms with Crippen LogP contribution >= 0.6 is 0 Å². The average Bonchev–Trinajstić information content (AvgIpc) is 2.66. The lowest BCUT2D eigenvalue weighted by Gasteiger charge is -2.14. The molecular formula is C10H11N3O. The van der Waals surface area contributed by atoms with Gasteiger partial charge in [0, 0.05) is 11.3 Å². The molecule has 0 unspecified atom stereocenters. The van der Waals surface area contributed by atoms with Crippen molar-refractivity contribution in [2.45, 2.75) is 25.7 Å². The van der Waals surface area contributed by atoms with Crippen molar-refractivity contribution in [2.75, 3.05) is 0 Å². The number of fused-ring (bicyclic) bond motifs is 2. The highest BCUT2D eigenvalue weighted by atomic mass is 16.1. The van der Waals surface area contributed by atoms with Crippen LogP contribution in [-0.2, 0) is 12.8 Å². The third-order valence-electron chi connectivity index (χ3n) is 2.89. The summed E-state index contributed by atoms with van der Waals surface area (Å²) >= 11 is 0. The Morgan fingerprint density at radius 2 is 2.14 bits per heavy atom. The molecule has 2 aromatic rings. The van der Waals surface area contributed by atoms with Gasteiger partial charge < -0.3 is 4.98 Å². The van der Waals surface area contributed by atoms with Crippen molar-refractivity contribution >= 4 is 11.0 Å². The topological polar surface area (TPSA) is 61.5 Å². The van der Waals surface area contributed by atoms with Crippen LogP contribution in [0.5, 0.6) is 0 Å². The Hall–Kier alpha value is -1.58. The van der Waals surface area contributed by atoms with E-state index < -0.39 is 0 Å². The number of rotatable bonds is 0. The molecular weight excluding hydrogens is 178 g/mol. The van der Waals surface area contributed by atoms with E-state index in [1.807, 2.05) is 0 Å². The SMILES string of the molecule is O=c1c2c([nH]c3cn[nH]c13)CCCC2. The van der Waals surface area contributed by atoms with Gasteiger partial charge in [-0.1, -0.05) is 0 Å². The van der Waals surface area contributed by atoms with Gasteiger partial charge in [0.05, 0.1) is 11.7 Å². The number of pyridine rings is 1. The zero-order chi connectivity index (χ0) is 9.54. The highest BCUT2D eigenvalue weighted by Crippen LogP contribution is 2.18. The van der Waals surface area contributed by atoms with Gasteiger partial charge in [0.2, 0.25) is 5.43 Å². The van der Waals surface area contributed by atoms with E-state index in [0.29, 0.717) is 5.52 Å². The van der Waals surface area contributed by atoms with Crippen molar-refractivity contribution in [2.24, 2.45) is 0 Å². The predicted molar refractivity (Wildman–Crippen MR) is 53.4 cm³/mol. The van der Waals surface area contributed by atoms with Gasteiger partial charge >= 0.3 is 0 Å². The Bertz CT molecular complexity index is 538. The number of nitrogens with zero attached hydrogens (tertiary/aromatic N) is 1. The van der Waals surface area contributed by atoms with Gasteiger partial charge in [-0.05, 0) is 25.7 Å². The number of nitrogens with one attached hydrogen (secondary N) is 2. The van der Waals surface area contributed by atoms with Gasteiger partial charge in [-0.15, -0.1) is 0 Å². The fourth-order valence-corrected chi connectivity index (χ4v) is 2.16. The van der Waals surface area contributed by atoms with E-state index in [1.54, 1.807) is 6.20 Å². The molecule has 2 heterocycles. The maximum atomic E-state index is 11.9. The van der Waals surface area contributed by atoms with Crippen molar-refractivity contribution < 1.29 is 0 Å². The van der Waals surface area contributed by atoms with E-state index >= 15 is 0 Å². The molecule has 0 atom stereocenters. The Kier molecular flexibility index (Phi) is 1.50. The Morgan fingerprint density at radius 3 is 3.07 bits per heavy atom. The molecule has 0 fully saturated rings. The summed E-state index contributed by atoms with van der Waals surface area (Å²) in [6.07, 6.45) is 5.86. The summed E-state index contributed by atoms with van der Waals surface area (Å²) in [5.74, 6) is 0. The van der Waals surface area contributed by atoms with E-state index in [2.05, 4.69) is 15.2 Å². The standard InChI is InChI=1S/C10H11N3O/c14-10-6-3-1-2-4-7(6)12-8-5-11-13-9(8)10/h5H,1-4H2,(H,11,13)(H,12,14). The van der Waals surface area contributed by atoms with Crippen LogP contribution in [0.15, 0.2) is 11.0 Å². The van der Waals surface area contributed by atoms with Gasteiger partial charge in [-0.25, -0.2) is 0 Å². The maximum absolute atomic E-state index is 11.9. The van der Waals surface area contributed by atoms with Crippen molar-refractivity contribution in [3.8, 4) is 0 Å². The number of aromatic nitrogens is 3. The molecule has 1 aliphatic carbocycles. The molecule has 2 aromatic heterocycles. The molecule has 3 rings (SSSR count). The van der Waals surface area contributed by atoms with Gasteiger partial charge in [-0.3, -0.25) is 9.89 Å². The highest BCUT2D eigenvalue weighted by molar-refractivity contribution is 5.74. The fourth-order valence-electron chi connectivity index (χ4n) is 2.16. The average molecular weight is 189 g/mol. The summed E-state index contributed by atoms with van der Waals surface area (Å²) < 4.78 is 0. The summed E-state index contributed by atoms with van der Waals surface area (Å²) in [6, 6.07) is 0. The zero-order valence-electron chi connectivity index (χ0n) is 7.76. The van der Waals surface area contributed by atoms with E-state index in [0.717, 1.165) is 36.0 Å². The monoisotopic (exact) mass is 189 g/mol. The van der Waals surface area contributed by atoms with E-state index in [-0.39, 0.29) is 5.43 Å². The van der Waals surface area contributed by atoms with Gasteiger partial charge in [0.1, 0.15) is 5.52 Å². The van der Waals surface area contributed by atoms with Gasteiger partial charge in [0.15, 0.2) is 0 Å². The first-order valence-corrected chi connectivity index (χ1v) is 4.93. The van der Waals surface area contributed by atoms with Crippen molar-refractivity contribution in [1.29, 1.82) is 0 Å². The highest BCUT2D eigenvalue weighted by Gasteiger charge is 2.15. The molecule has 14 heavy (non-hydrogen) atoms.